The predicted octanol–water partition coefficient (Wildman–Crippen LogP) is 5.31. The van der Waals surface area contributed by atoms with Gasteiger partial charge in [0, 0.05) is 23.6 Å². The van der Waals surface area contributed by atoms with Crippen LogP contribution in [0.3, 0.4) is 0 Å². The SMILES string of the molecule is Cc1cc(C)c(-c2ccc3cc(CC(NC(=O)c4ccc(S(C)(=O)=O)cc4Cl)C(=O)O)ccc3n2)c(C)c1. The number of nitrogens with zero attached hydrogens (tertiary/aromatic N) is 1. The molecule has 0 saturated carbocycles. The molecule has 0 aliphatic carbocycles. The summed E-state index contributed by atoms with van der Waals surface area (Å²) in [5, 5.41) is 13.0. The Morgan fingerprint density at radius 1 is 0.974 bits per heavy atom. The van der Waals surface area contributed by atoms with E-state index in [1.807, 2.05) is 24.3 Å². The standard InChI is InChI=1S/C29H27ClN2O5S/c1-16-11-17(2)27(18(3)12-16)25-10-6-20-13-19(5-9-24(20)31-25)14-26(29(34)35)32-28(33)22-8-7-21(15-23(22)30)38(4,36)37/h5-13,15,26H,14H2,1-4H3,(H,32,33)(H,34,35). The number of sulfone groups is 1. The maximum Gasteiger partial charge on any atom is 0.326 e. The van der Waals surface area contributed by atoms with Crippen molar-refractivity contribution in [2.24, 2.45) is 0 Å². The topological polar surface area (TPSA) is 113 Å². The zero-order valence-electron chi connectivity index (χ0n) is 21.4. The fourth-order valence-electron chi connectivity index (χ4n) is 4.61. The van der Waals surface area contributed by atoms with E-state index in [9.17, 15) is 23.1 Å². The number of nitrogens with one attached hydrogen (secondary N) is 1. The molecule has 1 unspecified atom stereocenters. The summed E-state index contributed by atoms with van der Waals surface area (Å²) < 4.78 is 23.4. The van der Waals surface area contributed by atoms with E-state index in [1.165, 1.54) is 23.8 Å². The first kappa shape index (κ1) is 27.3. The van der Waals surface area contributed by atoms with Gasteiger partial charge in [0.25, 0.3) is 5.91 Å². The molecule has 38 heavy (non-hydrogen) atoms. The van der Waals surface area contributed by atoms with Crippen molar-refractivity contribution >= 4 is 44.2 Å². The number of carbonyl (C=O) groups excluding carboxylic acids is 1. The number of benzene rings is 3. The molecule has 3 aromatic carbocycles. The van der Waals surface area contributed by atoms with E-state index in [2.05, 4.69) is 38.2 Å². The van der Waals surface area contributed by atoms with Crippen LogP contribution in [0.5, 0.6) is 0 Å². The molecule has 1 amide bonds. The third-order valence-corrected chi connectivity index (χ3v) is 7.77. The molecule has 9 heteroatoms. The summed E-state index contributed by atoms with van der Waals surface area (Å²) in [4.78, 5) is 29.5. The molecular weight excluding hydrogens is 524 g/mol. The number of aryl methyl sites for hydroxylation is 3. The highest BCUT2D eigenvalue weighted by molar-refractivity contribution is 7.90. The largest absolute Gasteiger partial charge is 0.480 e. The van der Waals surface area contributed by atoms with Crippen LogP contribution in [0.2, 0.25) is 5.02 Å². The number of carboxylic acid groups (broad SMARTS) is 1. The van der Waals surface area contributed by atoms with Gasteiger partial charge in [0.1, 0.15) is 6.04 Å². The van der Waals surface area contributed by atoms with Crippen LogP contribution >= 0.6 is 11.6 Å². The lowest BCUT2D eigenvalue weighted by molar-refractivity contribution is -0.139. The molecule has 1 heterocycles. The molecule has 4 aromatic rings. The molecule has 0 bridgehead atoms. The van der Waals surface area contributed by atoms with Gasteiger partial charge in [0.05, 0.1) is 26.7 Å². The number of hydrogen-bond acceptors (Lipinski definition) is 5. The summed E-state index contributed by atoms with van der Waals surface area (Å²) in [6, 6.07) is 16.1. The second-order valence-electron chi connectivity index (χ2n) is 9.48. The van der Waals surface area contributed by atoms with E-state index >= 15 is 0 Å². The molecule has 0 fully saturated rings. The van der Waals surface area contributed by atoms with Crippen molar-refractivity contribution in [1.82, 2.24) is 10.3 Å². The van der Waals surface area contributed by atoms with Gasteiger partial charge in [-0.3, -0.25) is 4.79 Å². The van der Waals surface area contributed by atoms with Gasteiger partial charge in [0.2, 0.25) is 0 Å². The van der Waals surface area contributed by atoms with Gasteiger partial charge in [0.15, 0.2) is 9.84 Å². The number of fused-ring (bicyclic) bond motifs is 1. The molecule has 0 spiro atoms. The Balaban J connectivity index is 1.56. The minimum atomic E-state index is -3.50. The zero-order valence-corrected chi connectivity index (χ0v) is 22.9. The number of halogens is 1. The van der Waals surface area contributed by atoms with Crippen LogP contribution in [0.4, 0.5) is 0 Å². The molecule has 4 rings (SSSR count). The Bertz CT molecular complexity index is 1680. The predicted molar refractivity (Wildman–Crippen MR) is 149 cm³/mol. The van der Waals surface area contributed by atoms with Crippen LogP contribution in [0.15, 0.2) is 65.6 Å². The Morgan fingerprint density at radius 3 is 2.26 bits per heavy atom. The van der Waals surface area contributed by atoms with Gasteiger partial charge in [-0.2, -0.15) is 0 Å². The second-order valence-corrected chi connectivity index (χ2v) is 11.9. The summed E-state index contributed by atoms with van der Waals surface area (Å²) in [6.45, 7) is 6.20. The minimum absolute atomic E-state index is 0.0118. The Labute approximate surface area is 226 Å². The Hall–Kier alpha value is -3.75. The number of carbonyl (C=O) groups is 2. The number of pyridine rings is 1. The summed E-state index contributed by atoms with van der Waals surface area (Å²) in [7, 11) is -3.50. The lowest BCUT2D eigenvalue weighted by atomic mass is 9.96. The second kappa shape index (κ2) is 10.6. The summed E-state index contributed by atoms with van der Waals surface area (Å²) in [6.07, 6.45) is 1.07. The third-order valence-electron chi connectivity index (χ3n) is 6.34. The van der Waals surface area contributed by atoms with Crippen molar-refractivity contribution in [3.63, 3.8) is 0 Å². The van der Waals surface area contributed by atoms with Crippen molar-refractivity contribution in [3.8, 4) is 11.3 Å². The van der Waals surface area contributed by atoms with Gasteiger partial charge in [-0.05, 0) is 73.9 Å². The van der Waals surface area contributed by atoms with Gasteiger partial charge in [-0.15, -0.1) is 0 Å². The first-order valence-corrected chi connectivity index (χ1v) is 14.1. The van der Waals surface area contributed by atoms with Crippen molar-refractivity contribution in [2.45, 2.75) is 38.1 Å². The molecule has 1 aromatic heterocycles. The lowest BCUT2D eigenvalue weighted by Gasteiger charge is -2.16. The van der Waals surface area contributed by atoms with Crippen LogP contribution in [0.25, 0.3) is 22.2 Å². The quantitative estimate of drug-likeness (QED) is 0.322. The number of carboxylic acids is 1. The minimum Gasteiger partial charge on any atom is -0.480 e. The van der Waals surface area contributed by atoms with Gasteiger partial charge >= 0.3 is 5.97 Å². The summed E-state index contributed by atoms with van der Waals surface area (Å²) in [5.74, 6) is -1.92. The first-order valence-electron chi connectivity index (χ1n) is 11.8. The van der Waals surface area contributed by atoms with Gasteiger partial charge in [-0.1, -0.05) is 41.4 Å². The van der Waals surface area contributed by atoms with E-state index in [1.54, 1.807) is 6.07 Å². The third kappa shape index (κ3) is 5.87. The van der Waals surface area contributed by atoms with Crippen LogP contribution in [0.1, 0.15) is 32.6 Å². The van der Waals surface area contributed by atoms with Crippen molar-refractivity contribution in [3.05, 3.63) is 93.5 Å². The maximum atomic E-state index is 12.8. The fourth-order valence-corrected chi connectivity index (χ4v) is 5.59. The average Bonchev–Trinajstić information content (AvgIpc) is 2.82. The number of aliphatic carboxylic acids is 1. The highest BCUT2D eigenvalue weighted by Crippen LogP contribution is 2.29. The Kier molecular flexibility index (Phi) is 7.58. The first-order chi connectivity index (χ1) is 17.8. The Morgan fingerprint density at radius 2 is 1.66 bits per heavy atom. The molecule has 1 atom stereocenters. The maximum absolute atomic E-state index is 12.8. The average molecular weight is 551 g/mol. The smallest absolute Gasteiger partial charge is 0.326 e. The number of hydrogen-bond donors (Lipinski definition) is 2. The summed E-state index contributed by atoms with van der Waals surface area (Å²) >= 11 is 6.12. The van der Waals surface area contributed by atoms with E-state index in [4.69, 9.17) is 16.6 Å². The van der Waals surface area contributed by atoms with Gasteiger partial charge < -0.3 is 10.4 Å². The molecule has 0 aliphatic rings. The molecular formula is C29H27ClN2O5S. The number of aromatic nitrogens is 1. The van der Waals surface area contributed by atoms with E-state index in [0.717, 1.165) is 39.5 Å². The normalized spacial score (nSPS) is 12.3. The highest BCUT2D eigenvalue weighted by atomic mass is 35.5. The van der Waals surface area contributed by atoms with E-state index < -0.39 is 27.8 Å². The van der Waals surface area contributed by atoms with Crippen LogP contribution < -0.4 is 5.32 Å². The monoisotopic (exact) mass is 550 g/mol. The van der Waals surface area contributed by atoms with Crippen LogP contribution in [-0.4, -0.2) is 42.7 Å². The molecule has 0 aliphatic heterocycles. The lowest BCUT2D eigenvalue weighted by Crippen LogP contribution is -2.42. The van der Waals surface area contributed by atoms with Gasteiger partial charge in [-0.25, -0.2) is 18.2 Å². The van der Waals surface area contributed by atoms with E-state index in [0.29, 0.717) is 5.56 Å². The fraction of sp³-hybridized carbons (Fsp3) is 0.207. The van der Waals surface area contributed by atoms with Crippen molar-refractivity contribution in [2.75, 3.05) is 6.26 Å². The highest BCUT2D eigenvalue weighted by Gasteiger charge is 2.23. The van der Waals surface area contributed by atoms with E-state index in [-0.39, 0.29) is 21.9 Å². The van der Waals surface area contributed by atoms with Crippen molar-refractivity contribution in [1.29, 1.82) is 0 Å². The van der Waals surface area contributed by atoms with Crippen LogP contribution in [-0.2, 0) is 21.1 Å². The molecule has 0 saturated heterocycles. The summed E-state index contributed by atoms with van der Waals surface area (Å²) in [5.41, 5.74) is 6.94. The number of amides is 1. The molecule has 196 valence electrons. The zero-order chi connectivity index (χ0) is 27.8. The van der Waals surface area contributed by atoms with Crippen molar-refractivity contribution < 1.29 is 23.1 Å². The molecule has 7 nitrogen and oxygen atoms in total. The number of rotatable bonds is 7. The molecule has 2 N–H and O–H groups in total. The van der Waals surface area contributed by atoms with Crippen LogP contribution in [0, 0.1) is 20.8 Å². The molecule has 0 radical (unpaired) electrons.